The average Bonchev–Trinajstić information content (AvgIpc) is 1.60. The summed E-state index contributed by atoms with van der Waals surface area (Å²) < 4.78 is 52.5. The van der Waals surface area contributed by atoms with Crippen LogP contribution in [0.1, 0.15) is 131 Å². The number of aromatic nitrogens is 20. The van der Waals surface area contributed by atoms with Crippen LogP contribution in [-0.4, -0.2) is 286 Å². The Morgan fingerprint density at radius 2 is 0.805 bits per heavy atom. The molecule has 0 aliphatic carbocycles. The van der Waals surface area contributed by atoms with Crippen molar-refractivity contribution in [3.05, 3.63) is 155 Å². The van der Waals surface area contributed by atoms with E-state index in [0.717, 1.165) is 12.8 Å². The third kappa shape index (κ3) is 19.5. The Morgan fingerprint density at radius 3 is 1.22 bits per heavy atom. The maximum absolute atomic E-state index is 12.9. The van der Waals surface area contributed by atoms with E-state index in [0.29, 0.717) is 83.7 Å². The van der Waals surface area contributed by atoms with Gasteiger partial charge in [-0.3, -0.25) is 18.3 Å². The number of benzene rings is 3. The number of hydrogen-bond acceptors (Lipinski definition) is 42. The number of rotatable bonds is 17. The van der Waals surface area contributed by atoms with Gasteiger partial charge in [0.05, 0.1) is 80.4 Å². The number of aromatic amines is 1. The maximum atomic E-state index is 12.9. The monoisotopic (exact) mass is 1900 g/mol. The van der Waals surface area contributed by atoms with Crippen LogP contribution in [0.25, 0.3) is 55.8 Å². The molecule has 47 nitrogen and oxygen atoms in total. The second-order valence-electron chi connectivity index (χ2n) is 32.7. The largest absolute Gasteiger partial charge is 0.451 e. The van der Waals surface area contributed by atoms with Crippen LogP contribution < -0.4 is 38.9 Å². The number of nitrogens with one attached hydrogen (secondary N) is 2. The lowest BCUT2D eigenvalue weighted by molar-refractivity contribution is -0.169. The molecule has 0 spiro atoms. The molecule has 3 aromatic carbocycles. The van der Waals surface area contributed by atoms with Crippen LogP contribution in [0.4, 0.5) is 41.4 Å². The number of nitrogens with zero attached hydrogens (tertiary/aromatic N) is 20. The van der Waals surface area contributed by atoms with E-state index in [9.17, 15) is 60.3 Å². The smallest absolute Gasteiger partial charge is 0.340 e. The molecular formula is C83H102Cl3N27O20. The summed E-state index contributed by atoms with van der Waals surface area (Å²) in [6.45, 7) is 14.6. The standard InChI is InChI=1S/C22H24O5.C20H22ClN5O3.C13H20N6O4.C12H18N6O4.C11H14ClN5O4.C5H4ClN5/c1-4-18-15(2)22(3,27-20(24)17-13-9-6-10-14-17)21(25-18)26-19(23)16-11-7-5-8-12-16;1-4-13-11(2)20(3,29-17(27)12-8-6-5-7-9-12)18(28-13)26-10-23-14-15(21)24-19(22)25-16(14)26;1-13(22)8(21)6(4-20)23-11(13)19-5-15-7-9(18(2)3)16-12(14)17-10(7)19;1-12(21)7(20)5(3-19)22-10(12)18-4-15-6-8(14-2)16-11(13)17-9(6)18;1-11(20)6(19)4(2-18)21-9(11)17-3-14-5-7(12)15-10(13)16-8(5)17;6-3-2-4(9-1-8-2)11-5(7)10-3/h5-15,18,21H,4H2,1-3H3;5-11,13,18H,4H2,1-3H3,(H2,22,24,25);5-6,8,11,20-22H,4H2,1-3H3,(H2,14,16,17);4-5,7,10,19-21H,3H2,1-2H3,(H3,13,14,16,17);3-4,6,9,18-20H,2H2,1H3,(H2,13,15,16);1H,(H3,7,8,9,10,11)/t15-,18-,21?,22-;11-,13-,18-,20-;6-,8-,11-,13-;5-,7-,10-,12-;4-,6-,9-,11-;/m11111./s1. The quantitative estimate of drug-likeness (QED) is 0.0340. The summed E-state index contributed by atoms with van der Waals surface area (Å²) in [5, 5.41) is 92.9. The topological polar surface area (TPSA) is 681 Å². The van der Waals surface area contributed by atoms with Crippen LogP contribution in [0.2, 0.25) is 15.5 Å². The van der Waals surface area contributed by atoms with Gasteiger partial charge in [-0.2, -0.15) is 49.8 Å². The number of imidazole rings is 5. The van der Waals surface area contributed by atoms with E-state index < -0.39 is 134 Å². The maximum Gasteiger partial charge on any atom is 0.340 e. The number of halogens is 3. The highest BCUT2D eigenvalue weighted by molar-refractivity contribution is 6.34. The summed E-state index contributed by atoms with van der Waals surface area (Å²) in [5.41, 5.74) is 26.7. The van der Waals surface area contributed by atoms with Crippen molar-refractivity contribution in [1.29, 1.82) is 0 Å². The molecule has 0 saturated carbocycles. The highest BCUT2D eigenvalue weighted by Gasteiger charge is 2.59. The summed E-state index contributed by atoms with van der Waals surface area (Å²) in [6, 6.07) is 26.3. The number of hydrogen-bond donors (Lipinski definition) is 16. The number of carbonyl (C=O) groups is 3. The number of fused-ring (bicyclic) bond motifs is 5. The van der Waals surface area contributed by atoms with Gasteiger partial charge in [0.15, 0.2) is 102 Å². The molecule has 5 aliphatic rings. The van der Waals surface area contributed by atoms with E-state index in [2.05, 4.69) is 85.1 Å². The molecule has 0 radical (unpaired) electrons. The van der Waals surface area contributed by atoms with Gasteiger partial charge in [0.2, 0.25) is 36.0 Å². The zero-order valence-electron chi connectivity index (χ0n) is 73.7. The molecule has 13 aromatic rings. The van der Waals surface area contributed by atoms with E-state index in [1.807, 2.05) is 52.8 Å². The molecule has 5 aliphatic heterocycles. The van der Waals surface area contributed by atoms with Crippen molar-refractivity contribution >= 4 is 150 Å². The van der Waals surface area contributed by atoms with Gasteiger partial charge in [0.1, 0.15) is 70.0 Å². The number of carbonyl (C=O) groups excluding carboxylic acids is 3. The van der Waals surface area contributed by atoms with Gasteiger partial charge in [-0.05, 0) is 83.9 Å². The Hall–Kier alpha value is -12.3. The Morgan fingerprint density at radius 1 is 0.459 bits per heavy atom. The van der Waals surface area contributed by atoms with E-state index >= 15 is 0 Å². The van der Waals surface area contributed by atoms with Crippen molar-refractivity contribution in [3.63, 3.8) is 0 Å². The Balaban J connectivity index is 0.000000138. The van der Waals surface area contributed by atoms with Crippen molar-refractivity contribution in [2.75, 3.05) is 79.8 Å². The molecule has 10 aromatic heterocycles. The third-order valence-electron chi connectivity index (χ3n) is 23.5. The molecule has 710 valence electrons. The normalized spacial score (nSPS) is 28.0. The van der Waals surface area contributed by atoms with E-state index in [1.165, 1.54) is 59.8 Å². The molecule has 20 atom stereocenters. The lowest BCUT2D eigenvalue weighted by atomic mass is 9.86. The predicted molar refractivity (Wildman–Crippen MR) is 481 cm³/mol. The Labute approximate surface area is 771 Å². The first-order valence-electron chi connectivity index (χ1n) is 41.5. The SMILES string of the molecule is CC[C@H]1OC(OC(=O)c2ccccc2)[C@](C)(OC(=O)c2ccccc2)[C@@H]1C.CC[C@H]1O[C@@H](n2cnc3c(Cl)nc(N)nc32)[C@](C)(OC(=O)c2ccccc2)[C@@H]1C.CN(C)c1nc(N)nc2c1ncn2[C@@H]1O[C@H](CO)[C@@H](O)[C@@]1(C)O.CNc1nc(N)nc2c1ncn2[C@@H]1O[C@H](CO)[C@@H](O)[C@@]1(C)O.C[C@@]1(O)[C@H](O)[C@@H](CO)O[C@H]1n1cnc2c(Cl)nc(N)nc21.Nc1nc(Cl)c2[nH]cnc2n1. The second-order valence-corrected chi connectivity index (χ2v) is 33.8. The third-order valence-corrected chi connectivity index (χ3v) is 24.3. The molecule has 133 heavy (non-hydrogen) atoms. The minimum Gasteiger partial charge on any atom is -0.451 e. The van der Waals surface area contributed by atoms with Crippen molar-refractivity contribution in [2.24, 2.45) is 11.8 Å². The first kappa shape index (κ1) is 98.2. The summed E-state index contributed by atoms with van der Waals surface area (Å²) >= 11 is 17.8. The van der Waals surface area contributed by atoms with Gasteiger partial charge in [0.25, 0.3) is 0 Å². The predicted octanol–water partition coefficient (Wildman–Crippen LogP) is 4.43. The zero-order chi connectivity index (χ0) is 96.4. The van der Waals surface area contributed by atoms with Gasteiger partial charge in [0, 0.05) is 33.0 Å². The molecule has 50 heteroatoms. The van der Waals surface area contributed by atoms with Gasteiger partial charge in [-0.15, -0.1) is 0 Å². The highest BCUT2D eigenvalue weighted by atomic mass is 35.5. The number of ether oxygens (including phenoxy) is 8. The summed E-state index contributed by atoms with van der Waals surface area (Å²) in [6.07, 6.45) is -2.57. The molecule has 15 heterocycles. The van der Waals surface area contributed by atoms with Crippen LogP contribution in [0.5, 0.6) is 0 Å². The van der Waals surface area contributed by atoms with Gasteiger partial charge in [-0.25, -0.2) is 39.3 Å². The summed E-state index contributed by atoms with van der Waals surface area (Å²) in [4.78, 5) is 103. The lowest BCUT2D eigenvalue weighted by Gasteiger charge is -2.33. The highest BCUT2D eigenvalue weighted by Crippen LogP contribution is 2.49. The summed E-state index contributed by atoms with van der Waals surface area (Å²) in [7, 11) is 5.27. The van der Waals surface area contributed by atoms with Gasteiger partial charge < -0.3 is 128 Å². The fourth-order valence-corrected chi connectivity index (χ4v) is 16.6. The van der Waals surface area contributed by atoms with Crippen LogP contribution in [0, 0.1) is 11.8 Å². The number of anilines is 7. The van der Waals surface area contributed by atoms with E-state index in [1.54, 1.807) is 117 Å². The van der Waals surface area contributed by atoms with Crippen molar-refractivity contribution in [3.8, 4) is 0 Å². The van der Waals surface area contributed by atoms with Crippen LogP contribution in [-0.2, 0) is 37.9 Å². The van der Waals surface area contributed by atoms with Crippen LogP contribution in [0.15, 0.2) is 123 Å². The average molecular weight is 1900 g/mol. The molecule has 0 bridgehead atoms. The number of aliphatic hydroxyl groups is 9. The van der Waals surface area contributed by atoms with Crippen molar-refractivity contribution < 1.29 is 98.2 Å². The fourth-order valence-electron chi connectivity index (χ4n) is 15.9. The minimum absolute atomic E-state index is 0.0327. The molecule has 0 amide bonds. The zero-order valence-corrected chi connectivity index (χ0v) is 76.0. The van der Waals surface area contributed by atoms with E-state index in [4.69, 9.17) is 101 Å². The molecular weight excluding hydrogens is 1800 g/mol. The Kier molecular flexibility index (Phi) is 29.5. The molecule has 21 N–H and O–H groups in total. The first-order chi connectivity index (χ1) is 63.1. The second kappa shape index (κ2) is 39.9. The van der Waals surface area contributed by atoms with Crippen molar-refractivity contribution in [1.82, 2.24) is 98.0 Å². The Bertz CT molecular complexity index is 6290. The fraction of sp³-hybridized carbons (Fsp3) is 0.446. The summed E-state index contributed by atoms with van der Waals surface area (Å²) in [5.74, 6) is -0.414. The molecule has 18 rings (SSSR count). The van der Waals surface area contributed by atoms with Crippen LogP contribution >= 0.6 is 34.8 Å². The molecule has 5 fully saturated rings. The molecule has 1 unspecified atom stereocenters. The van der Waals surface area contributed by atoms with E-state index in [-0.39, 0.29) is 69.7 Å². The number of nitrogen functional groups attached to an aromatic ring is 5. The number of H-pyrrole nitrogens is 1. The lowest BCUT2D eigenvalue weighted by Crippen LogP contribution is -2.46. The first-order valence-corrected chi connectivity index (χ1v) is 42.7. The van der Waals surface area contributed by atoms with Crippen molar-refractivity contribution in [2.45, 2.75) is 183 Å². The van der Waals surface area contributed by atoms with Crippen LogP contribution in [0.3, 0.4) is 0 Å². The number of esters is 3. The van der Waals surface area contributed by atoms with Gasteiger partial charge >= 0.3 is 17.9 Å². The number of nitrogens with two attached hydrogens (primary N) is 5. The molecule has 5 saturated heterocycles. The van der Waals surface area contributed by atoms with Gasteiger partial charge in [-0.1, -0.05) is 117 Å². The minimum atomic E-state index is -1.65. The number of aliphatic hydroxyl groups excluding tert-OH is 6.